The fourth-order valence-corrected chi connectivity index (χ4v) is 1.21. The summed E-state index contributed by atoms with van der Waals surface area (Å²) in [6, 6.07) is 4.76. The fourth-order valence-electron chi connectivity index (χ4n) is 1.21. The van der Waals surface area contributed by atoms with Crippen LogP contribution in [0.1, 0.15) is 17.3 Å². The monoisotopic (exact) mass is 223 g/mol. The van der Waals surface area contributed by atoms with Gasteiger partial charge in [0, 0.05) is 24.5 Å². The summed E-state index contributed by atoms with van der Waals surface area (Å²) in [6.07, 6.45) is 0. The van der Waals surface area contributed by atoms with E-state index >= 15 is 0 Å². The van der Waals surface area contributed by atoms with Crippen LogP contribution in [0.25, 0.3) is 0 Å². The lowest BCUT2D eigenvalue weighted by molar-refractivity contribution is 0.0943. The number of aliphatic hydroxyl groups is 1. The van der Waals surface area contributed by atoms with Crippen molar-refractivity contribution in [2.75, 3.05) is 24.6 Å². The molecule has 88 valence electrons. The summed E-state index contributed by atoms with van der Waals surface area (Å²) in [4.78, 5) is 11.7. The van der Waals surface area contributed by atoms with E-state index in [1.807, 2.05) is 6.92 Å². The molecule has 1 unspecified atom stereocenters. The molecule has 0 aliphatic carbocycles. The normalized spacial score (nSPS) is 12.1. The third kappa shape index (κ3) is 3.13. The summed E-state index contributed by atoms with van der Waals surface area (Å²) in [5.41, 5.74) is 12.5. The molecule has 0 fully saturated rings. The van der Waals surface area contributed by atoms with Crippen LogP contribution in [0.5, 0.6) is 0 Å². The molecule has 1 aromatic rings. The molecule has 1 amide bonds. The maximum Gasteiger partial charge on any atom is 0.253 e. The summed E-state index contributed by atoms with van der Waals surface area (Å²) in [5.74, 6) is -0.225. The summed E-state index contributed by atoms with van der Waals surface area (Å²) in [5, 5.41) is 11.5. The lowest BCUT2D eigenvalue weighted by atomic mass is 10.1. The van der Waals surface area contributed by atoms with E-state index in [9.17, 15) is 4.79 Å². The van der Waals surface area contributed by atoms with E-state index in [1.165, 1.54) is 0 Å². The van der Waals surface area contributed by atoms with Crippen LogP contribution in [-0.2, 0) is 0 Å². The minimum absolute atomic E-state index is 0.0268. The third-order valence-electron chi connectivity index (χ3n) is 2.24. The Morgan fingerprint density at radius 3 is 2.75 bits per heavy atom. The van der Waals surface area contributed by atoms with Gasteiger partial charge in [-0.15, -0.1) is 0 Å². The Balaban J connectivity index is 2.66. The Morgan fingerprint density at radius 2 is 2.19 bits per heavy atom. The van der Waals surface area contributed by atoms with Gasteiger partial charge in [-0.25, -0.2) is 0 Å². The molecule has 5 heteroatoms. The average molecular weight is 223 g/mol. The van der Waals surface area contributed by atoms with Crippen LogP contribution in [0.4, 0.5) is 11.4 Å². The molecular formula is C11H17N3O2. The molecule has 1 rings (SSSR count). The van der Waals surface area contributed by atoms with Gasteiger partial charge in [0.1, 0.15) is 0 Å². The van der Waals surface area contributed by atoms with Gasteiger partial charge in [-0.05, 0) is 24.1 Å². The Morgan fingerprint density at radius 1 is 1.50 bits per heavy atom. The molecule has 0 bridgehead atoms. The minimum Gasteiger partial charge on any atom is -0.399 e. The molecule has 1 atom stereocenters. The minimum atomic E-state index is -0.252. The van der Waals surface area contributed by atoms with Gasteiger partial charge in [0.2, 0.25) is 0 Å². The first kappa shape index (κ1) is 12.3. The number of carbonyl (C=O) groups excluding carboxylic acids is 1. The van der Waals surface area contributed by atoms with Gasteiger partial charge in [-0.1, -0.05) is 6.92 Å². The first-order valence-corrected chi connectivity index (χ1v) is 5.08. The van der Waals surface area contributed by atoms with Crippen LogP contribution in [0, 0.1) is 5.92 Å². The van der Waals surface area contributed by atoms with Crippen molar-refractivity contribution in [2.24, 2.45) is 5.92 Å². The number of aliphatic hydroxyl groups excluding tert-OH is 1. The van der Waals surface area contributed by atoms with Crippen molar-refractivity contribution in [2.45, 2.75) is 6.92 Å². The summed E-state index contributed by atoms with van der Waals surface area (Å²) >= 11 is 0. The number of hydrogen-bond donors (Lipinski definition) is 4. The average Bonchev–Trinajstić information content (AvgIpc) is 2.25. The number of carbonyl (C=O) groups is 1. The third-order valence-corrected chi connectivity index (χ3v) is 2.24. The fraction of sp³-hybridized carbons (Fsp3) is 0.364. The van der Waals surface area contributed by atoms with E-state index in [0.29, 0.717) is 23.5 Å². The Labute approximate surface area is 94.4 Å². The van der Waals surface area contributed by atoms with E-state index in [-0.39, 0.29) is 18.4 Å². The molecular weight excluding hydrogens is 206 g/mol. The van der Waals surface area contributed by atoms with Gasteiger partial charge in [0.05, 0.1) is 5.56 Å². The number of nitrogens with two attached hydrogens (primary N) is 2. The molecule has 0 aromatic heterocycles. The highest BCUT2D eigenvalue weighted by molar-refractivity contribution is 5.99. The Bertz CT molecular complexity index is 379. The highest BCUT2D eigenvalue weighted by Gasteiger charge is 2.10. The first-order chi connectivity index (χ1) is 7.54. The molecule has 0 aliphatic heterocycles. The van der Waals surface area contributed by atoms with Crippen molar-refractivity contribution in [3.8, 4) is 0 Å². The van der Waals surface area contributed by atoms with Gasteiger partial charge < -0.3 is 21.9 Å². The largest absolute Gasteiger partial charge is 0.399 e. The second kappa shape index (κ2) is 5.37. The zero-order valence-electron chi connectivity index (χ0n) is 9.23. The SMILES string of the molecule is CC(CO)CNC(=O)c1ccc(N)cc1N. The predicted molar refractivity (Wildman–Crippen MR) is 63.8 cm³/mol. The van der Waals surface area contributed by atoms with Crippen LogP contribution in [0.15, 0.2) is 18.2 Å². The standard InChI is InChI=1S/C11H17N3O2/c1-7(6-15)5-14-11(16)9-3-2-8(12)4-10(9)13/h2-4,7,15H,5-6,12-13H2,1H3,(H,14,16). The van der Waals surface area contributed by atoms with Crippen molar-refractivity contribution in [3.05, 3.63) is 23.8 Å². The van der Waals surface area contributed by atoms with Crippen molar-refractivity contribution in [1.82, 2.24) is 5.32 Å². The second-order valence-electron chi connectivity index (χ2n) is 3.84. The van der Waals surface area contributed by atoms with Crippen molar-refractivity contribution < 1.29 is 9.90 Å². The maximum absolute atomic E-state index is 11.7. The Hall–Kier alpha value is -1.75. The second-order valence-corrected chi connectivity index (χ2v) is 3.84. The summed E-state index contributed by atoms with van der Waals surface area (Å²) < 4.78 is 0. The van der Waals surface area contributed by atoms with E-state index in [4.69, 9.17) is 16.6 Å². The smallest absolute Gasteiger partial charge is 0.253 e. The maximum atomic E-state index is 11.7. The van der Waals surface area contributed by atoms with Gasteiger partial charge >= 0.3 is 0 Å². The van der Waals surface area contributed by atoms with E-state index < -0.39 is 0 Å². The molecule has 5 nitrogen and oxygen atoms in total. The number of rotatable bonds is 4. The number of anilines is 2. The molecule has 1 aromatic carbocycles. The number of amides is 1. The molecule has 0 heterocycles. The van der Waals surface area contributed by atoms with Crippen LogP contribution >= 0.6 is 0 Å². The van der Waals surface area contributed by atoms with Gasteiger partial charge in [0.15, 0.2) is 0 Å². The summed E-state index contributed by atoms with van der Waals surface area (Å²) in [6.45, 7) is 2.29. The highest BCUT2D eigenvalue weighted by Crippen LogP contribution is 2.15. The van der Waals surface area contributed by atoms with E-state index in [1.54, 1.807) is 18.2 Å². The topological polar surface area (TPSA) is 101 Å². The number of nitrogen functional groups attached to an aromatic ring is 2. The van der Waals surface area contributed by atoms with Gasteiger partial charge in [-0.3, -0.25) is 4.79 Å². The Kier molecular flexibility index (Phi) is 4.13. The molecule has 0 aliphatic rings. The van der Waals surface area contributed by atoms with Crippen LogP contribution in [-0.4, -0.2) is 24.2 Å². The number of benzene rings is 1. The van der Waals surface area contributed by atoms with Crippen LogP contribution in [0.3, 0.4) is 0 Å². The zero-order valence-corrected chi connectivity index (χ0v) is 9.23. The lowest BCUT2D eigenvalue weighted by Gasteiger charge is -2.11. The summed E-state index contributed by atoms with van der Waals surface area (Å²) in [7, 11) is 0. The molecule has 6 N–H and O–H groups in total. The van der Waals surface area contributed by atoms with E-state index in [0.717, 1.165) is 0 Å². The van der Waals surface area contributed by atoms with Crippen LogP contribution in [0.2, 0.25) is 0 Å². The first-order valence-electron chi connectivity index (χ1n) is 5.08. The molecule has 0 spiro atoms. The van der Waals surface area contributed by atoms with Crippen molar-refractivity contribution in [3.63, 3.8) is 0 Å². The van der Waals surface area contributed by atoms with Crippen molar-refractivity contribution >= 4 is 17.3 Å². The molecule has 0 saturated heterocycles. The van der Waals surface area contributed by atoms with Gasteiger partial charge in [0.25, 0.3) is 5.91 Å². The molecule has 16 heavy (non-hydrogen) atoms. The predicted octanol–water partition coefficient (Wildman–Crippen LogP) is 0.209. The number of nitrogens with one attached hydrogen (secondary N) is 1. The van der Waals surface area contributed by atoms with Crippen molar-refractivity contribution in [1.29, 1.82) is 0 Å². The zero-order chi connectivity index (χ0) is 12.1. The van der Waals surface area contributed by atoms with Gasteiger partial charge in [-0.2, -0.15) is 0 Å². The molecule has 0 saturated carbocycles. The highest BCUT2D eigenvalue weighted by atomic mass is 16.3. The number of hydrogen-bond acceptors (Lipinski definition) is 4. The van der Waals surface area contributed by atoms with Crippen LogP contribution < -0.4 is 16.8 Å². The molecule has 0 radical (unpaired) electrons. The van der Waals surface area contributed by atoms with E-state index in [2.05, 4.69) is 5.32 Å². The lowest BCUT2D eigenvalue weighted by Crippen LogP contribution is -2.30. The quantitative estimate of drug-likeness (QED) is 0.548.